The van der Waals surface area contributed by atoms with E-state index in [9.17, 15) is 18.0 Å². The molecule has 37 heavy (non-hydrogen) atoms. The van der Waals surface area contributed by atoms with Crippen LogP contribution in [0.1, 0.15) is 18.9 Å². The zero-order chi connectivity index (χ0) is 26.7. The molecule has 1 aliphatic heterocycles. The molecule has 1 aliphatic rings. The van der Waals surface area contributed by atoms with Gasteiger partial charge in [0.25, 0.3) is 5.91 Å². The maximum absolute atomic E-state index is 13.2. The van der Waals surface area contributed by atoms with Crippen molar-refractivity contribution < 1.29 is 32.2 Å². The fourth-order valence-corrected chi connectivity index (χ4v) is 5.22. The van der Waals surface area contributed by atoms with Crippen LogP contribution in [0, 0.1) is 0 Å². The minimum absolute atomic E-state index is 0.151. The molecular formula is C26H35N3O7S. The van der Waals surface area contributed by atoms with E-state index in [1.165, 1.54) is 33.5 Å². The maximum Gasteiger partial charge on any atom is 0.261 e. The van der Waals surface area contributed by atoms with E-state index in [0.717, 1.165) is 5.56 Å². The summed E-state index contributed by atoms with van der Waals surface area (Å²) >= 11 is 0. The molecule has 0 aromatic heterocycles. The molecule has 1 fully saturated rings. The Morgan fingerprint density at radius 2 is 1.76 bits per heavy atom. The van der Waals surface area contributed by atoms with Crippen LogP contribution in [-0.4, -0.2) is 88.7 Å². The number of nitrogens with zero attached hydrogens (tertiary/aromatic N) is 2. The summed E-state index contributed by atoms with van der Waals surface area (Å²) in [6.45, 7) is 3.95. The van der Waals surface area contributed by atoms with E-state index in [2.05, 4.69) is 5.32 Å². The van der Waals surface area contributed by atoms with Crippen molar-refractivity contribution in [1.82, 2.24) is 14.5 Å². The average Bonchev–Trinajstić information content (AvgIpc) is 2.93. The molecule has 1 atom stereocenters. The molecule has 2 aromatic rings. The zero-order valence-corrected chi connectivity index (χ0v) is 22.1. The molecule has 202 valence electrons. The highest BCUT2D eigenvalue weighted by atomic mass is 32.2. The number of hydrogen-bond acceptors (Lipinski definition) is 7. The van der Waals surface area contributed by atoms with Gasteiger partial charge >= 0.3 is 0 Å². The predicted molar refractivity (Wildman–Crippen MR) is 137 cm³/mol. The van der Waals surface area contributed by atoms with Gasteiger partial charge in [-0.1, -0.05) is 30.3 Å². The number of hydrogen-bond donors (Lipinski definition) is 1. The summed E-state index contributed by atoms with van der Waals surface area (Å²) < 4.78 is 42.9. The first kappa shape index (κ1) is 28.6. The number of carbonyl (C=O) groups excluding carboxylic acids is 2. The largest absolute Gasteiger partial charge is 0.484 e. The fourth-order valence-electron chi connectivity index (χ4n) is 3.81. The Morgan fingerprint density at radius 3 is 2.41 bits per heavy atom. The first-order chi connectivity index (χ1) is 17.8. The lowest BCUT2D eigenvalue weighted by Gasteiger charge is -2.29. The quantitative estimate of drug-likeness (QED) is 0.390. The van der Waals surface area contributed by atoms with Gasteiger partial charge in [-0.15, -0.1) is 0 Å². The number of carbonyl (C=O) groups is 2. The summed E-state index contributed by atoms with van der Waals surface area (Å²) in [5.41, 5.74) is 0.882. The zero-order valence-electron chi connectivity index (χ0n) is 21.3. The minimum Gasteiger partial charge on any atom is -0.484 e. The van der Waals surface area contributed by atoms with Crippen LogP contribution < -0.4 is 10.1 Å². The number of nitrogens with one attached hydrogen (secondary N) is 1. The Labute approximate surface area is 218 Å². The first-order valence-corrected chi connectivity index (χ1v) is 13.7. The van der Waals surface area contributed by atoms with Crippen LogP contribution in [0.15, 0.2) is 59.5 Å². The molecule has 0 unspecified atom stereocenters. The molecule has 0 spiro atoms. The molecule has 3 rings (SSSR count). The summed E-state index contributed by atoms with van der Waals surface area (Å²) in [6, 6.07) is 14.6. The Bertz CT molecular complexity index is 1100. The van der Waals surface area contributed by atoms with Gasteiger partial charge in [0, 0.05) is 39.9 Å². The Hall–Kier alpha value is -2.99. The van der Waals surface area contributed by atoms with Crippen molar-refractivity contribution in [3.8, 4) is 5.75 Å². The van der Waals surface area contributed by atoms with Crippen molar-refractivity contribution in [3.63, 3.8) is 0 Å². The molecule has 0 bridgehead atoms. The van der Waals surface area contributed by atoms with Crippen LogP contribution in [0.2, 0.25) is 0 Å². The van der Waals surface area contributed by atoms with Crippen molar-refractivity contribution in [2.45, 2.75) is 30.8 Å². The third-order valence-electron chi connectivity index (χ3n) is 5.98. The predicted octanol–water partition coefficient (Wildman–Crippen LogP) is 1.66. The third-order valence-corrected chi connectivity index (χ3v) is 7.89. The second kappa shape index (κ2) is 14.1. The van der Waals surface area contributed by atoms with E-state index in [-0.39, 0.29) is 29.9 Å². The highest BCUT2D eigenvalue weighted by molar-refractivity contribution is 7.89. The molecule has 1 heterocycles. The van der Waals surface area contributed by atoms with E-state index in [4.69, 9.17) is 14.2 Å². The Balaban J connectivity index is 1.64. The standard InChI is InChI=1S/C26H35N3O7S/c1-21(26(31)27-13-6-16-34-2)29(19-22-7-4-3-5-8-22)25(30)20-36-23-9-11-24(12-10-23)37(32,33)28-14-17-35-18-15-28/h3-5,7-12,21H,6,13-20H2,1-2H3,(H,27,31)/t21-/m1/s1. The van der Waals surface area contributed by atoms with E-state index < -0.39 is 16.1 Å². The molecular weight excluding hydrogens is 498 g/mol. The molecule has 2 aromatic carbocycles. The van der Waals surface area contributed by atoms with Crippen LogP contribution in [-0.2, 0) is 35.6 Å². The van der Waals surface area contributed by atoms with Gasteiger partial charge in [0.2, 0.25) is 15.9 Å². The van der Waals surface area contributed by atoms with E-state index in [1.807, 2.05) is 30.3 Å². The third kappa shape index (κ3) is 8.26. The fraction of sp³-hybridized carbons (Fsp3) is 0.462. The van der Waals surface area contributed by atoms with Crippen molar-refractivity contribution in [3.05, 3.63) is 60.2 Å². The maximum atomic E-state index is 13.2. The van der Waals surface area contributed by atoms with Gasteiger partial charge in [0.05, 0.1) is 18.1 Å². The number of sulfonamides is 1. The lowest BCUT2D eigenvalue weighted by molar-refractivity contribution is -0.142. The SMILES string of the molecule is COCCCNC(=O)[C@@H](C)N(Cc1ccccc1)C(=O)COc1ccc(S(=O)(=O)N2CCOCC2)cc1. The number of ether oxygens (including phenoxy) is 3. The van der Waals surface area contributed by atoms with Crippen molar-refractivity contribution in [2.24, 2.45) is 0 Å². The molecule has 0 aliphatic carbocycles. The molecule has 10 nitrogen and oxygen atoms in total. The molecule has 2 amide bonds. The topological polar surface area (TPSA) is 114 Å². The van der Waals surface area contributed by atoms with Gasteiger partial charge in [-0.25, -0.2) is 8.42 Å². The van der Waals surface area contributed by atoms with Gasteiger partial charge in [-0.2, -0.15) is 4.31 Å². The molecule has 1 N–H and O–H groups in total. The number of benzene rings is 2. The lowest BCUT2D eigenvalue weighted by Crippen LogP contribution is -2.49. The molecule has 0 saturated carbocycles. The highest BCUT2D eigenvalue weighted by Crippen LogP contribution is 2.21. The Morgan fingerprint density at radius 1 is 1.08 bits per heavy atom. The second-order valence-corrected chi connectivity index (χ2v) is 10.5. The van der Waals surface area contributed by atoms with E-state index in [0.29, 0.717) is 51.6 Å². The minimum atomic E-state index is -3.62. The van der Waals surface area contributed by atoms with E-state index >= 15 is 0 Å². The van der Waals surface area contributed by atoms with Crippen LogP contribution in [0.25, 0.3) is 0 Å². The molecule has 11 heteroatoms. The van der Waals surface area contributed by atoms with Crippen LogP contribution in [0.5, 0.6) is 5.75 Å². The van der Waals surface area contributed by atoms with Crippen molar-refractivity contribution in [1.29, 1.82) is 0 Å². The van der Waals surface area contributed by atoms with Gasteiger partial charge in [0.15, 0.2) is 6.61 Å². The van der Waals surface area contributed by atoms with Gasteiger partial charge in [-0.05, 0) is 43.2 Å². The average molecular weight is 534 g/mol. The smallest absolute Gasteiger partial charge is 0.261 e. The van der Waals surface area contributed by atoms with Crippen LogP contribution in [0.4, 0.5) is 0 Å². The number of morpholine rings is 1. The summed E-state index contributed by atoms with van der Waals surface area (Å²) in [5, 5.41) is 2.84. The molecule has 0 radical (unpaired) electrons. The van der Waals surface area contributed by atoms with E-state index in [1.54, 1.807) is 14.0 Å². The van der Waals surface area contributed by atoms with Crippen LogP contribution in [0.3, 0.4) is 0 Å². The highest BCUT2D eigenvalue weighted by Gasteiger charge is 2.28. The molecule has 1 saturated heterocycles. The monoisotopic (exact) mass is 533 g/mol. The van der Waals surface area contributed by atoms with Gasteiger partial charge < -0.3 is 24.4 Å². The number of methoxy groups -OCH3 is 1. The Kier molecular flexibility index (Phi) is 10.9. The normalized spacial score (nSPS) is 15.1. The number of rotatable bonds is 13. The van der Waals surface area contributed by atoms with Crippen molar-refractivity contribution in [2.75, 3.05) is 53.2 Å². The van der Waals surface area contributed by atoms with Gasteiger partial charge in [0.1, 0.15) is 11.8 Å². The first-order valence-electron chi connectivity index (χ1n) is 12.2. The summed E-state index contributed by atoms with van der Waals surface area (Å²) in [4.78, 5) is 27.5. The van der Waals surface area contributed by atoms with Crippen LogP contribution >= 0.6 is 0 Å². The van der Waals surface area contributed by atoms with Crippen molar-refractivity contribution >= 4 is 21.8 Å². The summed E-state index contributed by atoms with van der Waals surface area (Å²) in [6.07, 6.45) is 0.669. The second-order valence-electron chi connectivity index (χ2n) is 8.60. The summed E-state index contributed by atoms with van der Waals surface area (Å²) in [7, 11) is -2.02. The van der Waals surface area contributed by atoms with Gasteiger partial charge in [-0.3, -0.25) is 9.59 Å². The lowest BCUT2D eigenvalue weighted by atomic mass is 10.1. The summed E-state index contributed by atoms with van der Waals surface area (Å²) in [5.74, 6) is -0.280. The number of amides is 2.